The number of aromatic nitrogens is 3. The lowest BCUT2D eigenvalue weighted by Gasteiger charge is -2.09. The highest BCUT2D eigenvalue weighted by Gasteiger charge is 2.28. The van der Waals surface area contributed by atoms with E-state index in [0.29, 0.717) is 5.92 Å². The molecule has 0 aliphatic heterocycles. The number of nitrogens with zero attached hydrogens (tertiary/aromatic N) is 3. The maximum Gasteiger partial charge on any atom is 0.114 e. The van der Waals surface area contributed by atoms with Crippen LogP contribution in [0.2, 0.25) is 0 Å². The molecule has 1 aromatic heterocycles. The molecule has 0 saturated heterocycles. The van der Waals surface area contributed by atoms with Crippen molar-refractivity contribution in [3.8, 4) is 0 Å². The van der Waals surface area contributed by atoms with Crippen LogP contribution in [0.4, 0.5) is 0 Å². The molecule has 3 rings (SSSR count). The Kier molecular flexibility index (Phi) is 2.46. The first kappa shape index (κ1) is 10.3. The van der Waals surface area contributed by atoms with Crippen molar-refractivity contribution in [1.29, 1.82) is 0 Å². The van der Waals surface area contributed by atoms with Crippen LogP contribution in [-0.2, 0) is 6.54 Å². The number of benzene rings is 1. The molecule has 2 aromatic rings. The molecule has 1 fully saturated rings. The Hall–Kier alpha value is -0.900. The molecule has 1 atom stereocenters. The fraction of sp³-hybridized carbons (Fsp3) is 0.500. The monoisotopic (exact) mass is 279 g/mol. The summed E-state index contributed by atoms with van der Waals surface area (Å²) in [6.45, 7) is 3.30. The standard InChI is InChI=1S/C12H14BrN3/c1-8(9-2-3-9)7-16-12-5-4-10(13)6-11(12)14-15-16/h4-6,8-9H,2-3,7H2,1H3. The van der Waals surface area contributed by atoms with Gasteiger partial charge in [0.15, 0.2) is 0 Å². The van der Waals surface area contributed by atoms with E-state index in [0.717, 1.165) is 28.0 Å². The van der Waals surface area contributed by atoms with Crippen molar-refractivity contribution in [2.24, 2.45) is 11.8 Å². The summed E-state index contributed by atoms with van der Waals surface area (Å²) in [7, 11) is 0. The van der Waals surface area contributed by atoms with Gasteiger partial charge in [-0.25, -0.2) is 4.68 Å². The lowest BCUT2D eigenvalue weighted by Crippen LogP contribution is -2.10. The lowest BCUT2D eigenvalue weighted by atomic mass is 10.1. The zero-order valence-electron chi connectivity index (χ0n) is 9.23. The fourth-order valence-electron chi connectivity index (χ4n) is 2.17. The second-order valence-electron chi connectivity index (χ2n) is 4.72. The Morgan fingerprint density at radius 2 is 2.31 bits per heavy atom. The molecule has 1 heterocycles. The van der Waals surface area contributed by atoms with Gasteiger partial charge in [-0.2, -0.15) is 0 Å². The lowest BCUT2D eigenvalue weighted by molar-refractivity contribution is 0.407. The third kappa shape index (κ3) is 1.86. The van der Waals surface area contributed by atoms with Crippen molar-refractivity contribution in [3.63, 3.8) is 0 Å². The van der Waals surface area contributed by atoms with E-state index in [2.05, 4.69) is 39.2 Å². The smallest absolute Gasteiger partial charge is 0.114 e. The van der Waals surface area contributed by atoms with Gasteiger partial charge in [0.25, 0.3) is 0 Å². The van der Waals surface area contributed by atoms with E-state index in [1.807, 2.05) is 16.8 Å². The van der Waals surface area contributed by atoms with Gasteiger partial charge in [-0.05, 0) is 42.9 Å². The Labute approximate surface area is 103 Å². The van der Waals surface area contributed by atoms with Crippen LogP contribution in [0.3, 0.4) is 0 Å². The molecule has 0 amide bonds. The van der Waals surface area contributed by atoms with Gasteiger partial charge in [-0.3, -0.25) is 0 Å². The van der Waals surface area contributed by atoms with Crippen molar-refractivity contribution < 1.29 is 0 Å². The fourth-order valence-corrected chi connectivity index (χ4v) is 2.52. The summed E-state index contributed by atoms with van der Waals surface area (Å²) in [5.74, 6) is 1.63. The zero-order valence-corrected chi connectivity index (χ0v) is 10.8. The molecule has 1 aliphatic rings. The summed E-state index contributed by atoms with van der Waals surface area (Å²) in [5, 5.41) is 8.43. The minimum atomic E-state index is 0.716. The molecule has 0 radical (unpaired) electrons. The van der Waals surface area contributed by atoms with E-state index in [4.69, 9.17) is 0 Å². The number of fused-ring (bicyclic) bond motifs is 1. The summed E-state index contributed by atoms with van der Waals surface area (Å²) >= 11 is 3.45. The van der Waals surface area contributed by atoms with Gasteiger partial charge in [0, 0.05) is 11.0 Å². The third-order valence-corrected chi connectivity index (χ3v) is 3.86. The number of hydrogen-bond donors (Lipinski definition) is 0. The van der Waals surface area contributed by atoms with Crippen LogP contribution in [0.5, 0.6) is 0 Å². The minimum absolute atomic E-state index is 0.716. The summed E-state index contributed by atoms with van der Waals surface area (Å²) < 4.78 is 3.09. The summed E-state index contributed by atoms with van der Waals surface area (Å²) in [5.41, 5.74) is 2.10. The van der Waals surface area contributed by atoms with Crippen LogP contribution in [0.15, 0.2) is 22.7 Å². The van der Waals surface area contributed by atoms with Gasteiger partial charge in [0.05, 0.1) is 5.52 Å². The largest absolute Gasteiger partial charge is 0.244 e. The summed E-state index contributed by atoms with van der Waals surface area (Å²) in [6, 6.07) is 6.14. The molecule has 1 saturated carbocycles. The first-order valence-electron chi connectivity index (χ1n) is 5.73. The highest BCUT2D eigenvalue weighted by molar-refractivity contribution is 9.10. The Bertz CT molecular complexity index is 516. The average molecular weight is 280 g/mol. The Balaban J connectivity index is 1.91. The Morgan fingerprint density at radius 3 is 3.06 bits per heavy atom. The SMILES string of the molecule is CC(Cn1nnc2cc(Br)ccc21)C1CC1. The molecular weight excluding hydrogens is 266 g/mol. The van der Waals surface area contributed by atoms with E-state index >= 15 is 0 Å². The first-order valence-corrected chi connectivity index (χ1v) is 6.52. The highest BCUT2D eigenvalue weighted by atomic mass is 79.9. The predicted octanol–water partition coefficient (Wildman–Crippen LogP) is 3.24. The topological polar surface area (TPSA) is 30.7 Å². The summed E-state index contributed by atoms with van der Waals surface area (Å²) in [4.78, 5) is 0. The highest BCUT2D eigenvalue weighted by Crippen LogP contribution is 2.37. The number of halogens is 1. The molecule has 4 heteroatoms. The molecule has 0 bridgehead atoms. The third-order valence-electron chi connectivity index (χ3n) is 3.36. The zero-order chi connectivity index (χ0) is 11.1. The average Bonchev–Trinajstić information content (AvgIpc) is 3.03. The summed E-state index contributed by atoms with van der Waals surface area (Å²) in [6.07, 6.45) is 2.78. The number of rotatable bonds is 3. The van der Waals surface area contributed by atoms with E-state index in [-0.39, 0.29) is 0 Å². The molecule has 16 heavy (non-hydrogen) atoms. The Morgan fingerprint density at radius 1 is 1.50 bits per heavy atom. The minimum Gasteiger partial charge on any atom is -0.244 e. The van der Waals surface area contributed by atoms with Crippen molar-refractivity contribution >= 4 is 27.0 Å². The second kappa shape index (κ2) is 3.84. The van der Waals surface area contributed by atoms with Crippen molar-refractivity contribution in [3.05, 3.63) is 22.7 Å². The normalized spacial score (nSPS) is 17.9. The van der Waals surface area contributed by atoms with E-state index < -0.39 is 0 Å². The molecule has 0 spiro atoms. The molecule has 84 valence electrons. The maximum atomic E-state index is 4.23. The first-order chi connectivity index (χ1) is 7.74. The van der Waals surface area contributed by atoms with E-state index in [1.165, 1.54) is 12.8 Å². The van der Waals surface area contributed by atoms with E-state index in [1.54, 1.807) is 0 Å². The molecule has 1 unspecified atom stereocenters. The molecule has 0 N–H and O–H groups in total. The van der Waals surface area contributed by atoms with Gasteiger partial charge >= 0.3 is 0 Å². The van der Waals surface area contributed by atoms with Crippen LogP contribution in [0.25, 0.3) is 11.0 Å². The van der Waals surface area contributed by atoms with Crippen molar-refractivity contribution in [2.45, 2.75) is 26.3 Å². The van der Waals surface area contributed by atoms with Crippen LogP contribution in [0, 0.1) is 11.8 Å². The molecule has 3 nitrogen and oxygen atoms in total. The molecule has 1 aliphatic carbocycles. The van der Waals surface area contributed by atoms with Gasteiger partial charge in [0.2, 0.25) is 0 Å². The van der Waals surface area contributed by atoms with Gasteiger partial charge in [-0.15, -0.1) is 5.10 Å². The van der Waals surface area contributed by atoms with Gasteiger partial charge < -0.3 is 0 Å². The van der Waals surface area contributed by atoms with E-state index in [9.17, 15) is 0 Å². The van der Waals surface area contributed by atoms with Crippen LogP contribution in [0.1, 0.15) is 19.8 Å². The quantitative estimate of drug-likeness (QED) is 0.864. The second-order valence-corrected chi connectivity index (χ2v) is 5.63. The van der Waals surface area contributed by atoms with Crippen molar-refractivity contribution in [2.75, 3.05) is 0 Å². The molecule has 1 aromatic carbocycles. The predicted molar refractivity (Wildman–Crippen MR) is 67.1 cm³/mol. The van der Waals surface area contributed by atoms with Crippen LogP contribution < -0.4 is 0 Å². The van der Waals surface area contributed by atoms with Gasteiger partial charge in [-0.1, -0.05) is 28.1 Å². The molecular formula is C12H14BrN3. The van der Waals surface area contributed by atoms with Crippen LogP contribution >= 0.6 is 15.9 Å². The van der Waals surface area contributed by atoms with Gasteiger partial charge in [0.1, 0.15) is 5.52 Å². The number of hydrogen-bond acceptors (Lipinski definition) is 2. The van der Waals surface area contributed by atoms with Crippen LogP contribution in [-0.4, -0.2) is 15.0 Å². The maximum absolute atomic E-state index is 4.23. The van der Waals surface area contributed by atoms with Crippen molar-refractivity contribution in [1.82, 2.24) is 15.0 Å².